The van der Waals surface area contributed by atoms with Gasteiger partial charge in [-0.25, -0.2) is 8.42 Å². The van der Waals surface area contributed by atoms with E-state index in [9.17, 15) is 26.1 Å². The summed E-state index contributed by atoms with van der Waals surface area (Å²) in [5.41, 5.74) is 0.335. The Balaban J connectivity index is 0.000000220. The van der Waals surface area contributed by atoms with Crippen molar-refractivity contribution in [2.24, 2.45) is 0 Å². The zero-order chi connectivity index (χ0) is 17.0. The van der Waals surface area contributed by atoms with E-state index in [2.05, 4.69) is 0 Å². The molecule has 0 saturated heterocycles. The average molecular weight is 444 g/mol. The van der Waals surface area contributed by atoms with E-state index in [0.29, 0.717) is 0 Å². The number of halogens is 4. The summed E-state index contributed by atoms with van der Waals surface area (Å²) in [6.45, 7) is 1.82. The third-order valence-electron chi connectivity index (χ3n) is 2.49. The molecule has 0 fully saturated rings. The van der Waals surface area contributed by atoms with Crippen LogP contribution in [0.3, 0.4) is 0 Å². The van der Waals surface area contributed by atoms with Gasteiger partial charge in [0.05, 0.1) is 10.5 Å². The van der Waals surface area contributed by atoms with Crippen LogP contribution in [0.15, 0.2) is 53.4 Å². The molecule has 0 amide bonds. The molecule has 2 aromatic carbocycles. The van der Waals surface area contributed by atoms with Gasteiger partial charge in [-0.05, 0) is 43.3 Å². The predicted molar refractivity (Wildman–Crippen MR) is 70.7 cm³/mol. The average Bonchev–Trinajstić information content (AvgIpc) is 2.38. The molecule has 2 aromatic rings. The lowest BCUT2D eigenvalue weighted by molar-refractivity contribution is -0.328. The summed E-state index contributed by atoms with van der Waals surface area (Å²) in [7, 11) is -4.27. The zero-order valence-corrected chi connectivity index (χ0v) is 14.4. The highest BCUT2D eigenvalue weighted by atomic mass is 127. The van der Waals surface area contributed by atoms with Crippen molar-refractivity contribution >= 4 is 10.1 Å². The topological polar surface area (TPSA) is 57.2 Å². The van der Waals surface area contributed by atoms with Gasteiger partial charge in [0.15, 0.2) is 3.57 Å². The monoisotopic (exact) mass is 444 g/mol. The summed E-state index contributed by atoms with van der Waals surface area (Å²) in [4.78, 5) is -0.178. The first-order valence-corrected chi connectivity index (χ1v) is 8.44. The Bertz CT molecular complexity index is 708. The number of hydrogen-bond acceptors (Lipinski definition) is 3. The molecule has 0 atom stereocenters. The second-order valence-corrected chi connectivity index (χ2v) is 7.01. The van der Waals surface area contributed by atoms with E-state index in [1.54, 1.807) is 34.7 Å². The lowest BCUT2D eigenvalue weighted by Gasteiger charge is -2.05. The number of aryl methyl sites for hydroxylation is 1. The molecule has 2 rings (SSSR count). The van der Waals surface area contributed by atoms with Gasteiger partial charge < -0.3 is 4.55 Å². The molecule has 0 radical (unpaired) electrons. The Kier molecular flexibility index (Phi) is 6.38. The summed E-state index contributed by atoms with van der Waals surface area (Å²) < 4.78 is 67.8. The van der Waals surface area contributed by atoms with Crippen LogP contribution >= 0.6 is 0 Å². The van der Waals surface area contributed by atoms with Crippen molar-refractivity contribution in [3.63, 3.8) is 0 Å². The number of rotatable bonds is 1. The van der Waals surface area contributed by atoms with Crippen molar-refractivity contribution < 1.29 is 48.7 Å². The van der Waals surface area contributed by atoms with Gasteiger partial charge in [0, 0.05) is 0 Å². The molecule has 0 aliphatic heterocycles. The maximum Gasteiger partial charge on any atom is 0.416 e. The number of hydrogen-bond donors (Lipinski definition) is 0. The van der Waals surface area contributed by atoms with Crippen LogP contribution < -0.4 is 22.6 Å². The van der Waals surface area contributed by atoms with E-state index in [4.69, 9.17) is 0 Å². The maximum atomic E-state index is 11.9. The van der Waals surface area contributed by atoms with E-state index in [1.807, 2.05) is 6.92 Å². The van der Waals surface area contributed by atoms with Crippen molar-refractivity contribution in [3.05, 3.63) is 63.2 Å². The SMILES string of the molecule is Cc1ccc(S(=O)(=O)[O-])cc1.FC(F)(F)c1ccc([IH+])cc1. The van der Waals surface area contributed by atoms with E-state index < -0.39 is 21.9 Å². The molecular formula is C14H12F3IO3S. The highest BCUT2D eigenvalue weighted by Crippen LogP contribution is 2.28. The van der Waals surface area contributed by atoms with Crippen LogP contribution in [-0.2, 0) is 16.3 Å². The van der Waals surface area contributed by atoms with Gasteiger partial charge in [-0.2, -0.15) is 13.2 Å². The summed E-state index contributed by atoms with van der Waals surface area (Å²) in [5.74, 6) is 0. The molecule has 0 saturated carbocycles. The standard InChI is InChI=1S/C7H5F3I.C7H8O3S/c8-7(9,10)5-1-3-6(11)4-2-5;1-6-2-4-7(5-3-6)11(8,9)10/h1-4,11H;2-5H,1H3,(H,8,9,10)/q+1;/p-1. The number of alkyl halides is 3. The van der Waals surface area contributed by atoms with E-state index >= 15 is 0 Å². The molecule has 8 heteroatoms. The van der Waals surface area contributed by atoms with E-state index in [1.165, 1.54) is 24.3 Å². The zero-order valence-electron chi connectivity index (χ0n) is 11.3. The van der Waals surface area contributed by atoms with Gasteiger partial charge in [0.25, 0.3) is 22.6 Å². The fraction of sp³-hybridized carbons (Fsp3) is 0.143. The van der Waals surface area contributed by atoms with Crippen LogP contribution in [0.1, 0.15) is 11.1 Å². The van der Waals surface area contributed by atoms with Gasteiger partial charge in [-0.1, -0.05) is 17.7 Å². The Morgan fingerprint density at radius 3 is 1.77 bits per heavy atom. The Morgan fingerprint density at radius 2 is 1.41 bits per heavy atom. The third-order valence-corrected chi connectivity index (χ3v) is 4.12. The molecule has 120 valence electrons. The molecule has 3 nitrogen and oxygen atoms in total. The number of benzene rings is 2. The minimum Gasteiger partial charge on any atom is -0.744 e. The third kappa shape index (κ3) is 6.32. The highest BCUT2D eigenvalue weighted by Gasteiger charge is 2.30. The highest BCUT2D eigenvalue weighted by molar-refractivity contribution is 7.85. The summed E-state index contributed by atoms with van der Waals surface area (Å²) in [6.07, 6.45) is -4.21. The van der Waals surface area contributed by atoms with Gasteiger partial charge in [-0.15, -0.1) is 0 Å². The summed E-state index contributed by atoms with van der Waals surface area (Å²) >= 11 is 1.68. The minimum absolute atomic E-state index is 0.178. The summed E-state index contributed by atoms with van der Waals surface area (Å²) in [6, 6.07) is 10.8. The fourth-order valence-electron chi connectivity index (χ4n) is 1.35. The molecule has 0 bridgehead atoms. The van der Waals surface area contributed by atoms with Crippen molar-refractivity contribution in [2.75, 3.05) is 0 Å². The van der Waals surface area contributed by atoms with Gasteiger partial charge >= 0.3 is 6.18 Å². The van der Waals surface area contributed by atoms with Crippen molar-refractivity contribution in [1.29, 1.82) is 0 Å². The van der Waals surface area contributed by atoms with Gasteiger partial charge in [0.2, 0.25) is 0 Å². The fourth-order valence-corrected chi connectivity index (χ4v) is 2.21. The Hall–Kier alpha value is -1.13. The van der Waals surface area contributed by atoms with Crippen LogP contribution in [0.4, 0.5) is 13.2 Å². The van der Waals surface area contributed by atoms with Crippen LogP contribution in [0.2, 0.25) is 0 Å². The van der Waals surface area contributed by atoms with Gasteiger partial charge in [0.1, 0.15) is 10.1 Å². The van der Waals surface area contributed by atoms with Gasteiger partial charge in [-0.3, -0.25) is 0 Å². The first-order chi connectivity index (χ1) is 10.00. The first-order valence-electron chi connectivity index (χ1n) is 5.87. The molecule has 0 heterocycles. The molecule has 0 aliphatic rings. The predicted octanol–water partition coefficient (Wildman–Crippen LogP) is 0.0597. The van der Waals surface area contributed by atoms with Crippen LogP contribution in [0.25, 0.3) is 0 Å². The Morgan fingerprint density at radius 1 is 0.955 bits per heavy atom. The largest absolute Gasteiger partial charge is 0.744 e. The smallest absolute Gasteiger partial charge is 0.416 e. The maximum absolute atomic E-state index is 11.9. The molecule has 22 heavy (non-hydrogen) atoms. The Labute approximate surface area is 140 Å². The normalized spacial score (nSPS) is 11.5. The lowest BCUT2D eigenvalue weighted by atomic mass is 10.2. The second kappa shape index (κ2) is 7.42. The lowest BCUT2D eigenvalue weighted by Crippen LogP contribution is -3.34. The first kappa shape index (κ1) is 18.9. The van der Waals surface area contributed by atoms with Crippen molar-refractivity contribution in [1.82, 2.24) is 0 Å². The molecule has 0 aromatic heterocycles. The van der Waals surface area contributed by atoms with Crippen LogP contribution in [0, 0.1) is 10.5 Å². The van der Waals surface area contributed by atoms with Crippen molar-refractivity contribution in [3.8, 4) is 0 Å². The molecule has 0 unspecified atom stereocenters. The van der Waals surface area contributed by atoms with E-state index in [-0.39, 0.29) is 4.90 Å². The van der Waals surface area contributed by atoms with E-state index in [0.717, 1.165) is 21.3 Å². The minimum atomic E-state index is -4.27. The molecular weight excluding hydrogens is 432 g/mol. The molecule has 0 spiro atoms. The quantitative estimate of drug-likeness (QED) is 0.462. The molecule has 0 N–H and O–H groups in total. The van der Waals surface area contributed by atoms with Crippen molar-refractivity contribution in [2.45, 2.75) is 18.0 Å². The van der Waals surface area contributed by atoms with Crippen LogP contribution in [-0.4, -0.2) is 13.0 Å². The summed E-state index contributed by atoms with van der Waals surface area (Å²) in [5, 5.41) is 0. The second-order valence-electron chi connectivity index (χ2n) is 4.29. The van der Waals surface area contributed by atoms with Crippen LogP contribution in [0.5, 0.6) is 0 Å². The molecule has 0 aliphatic carbocycles.